The fourth-order valence-electron chi connectivity index (χ4n) is 1.99. The molecule has 1 aliphatic rings. The lowest BCUT2D eigenvalue weighted by molar-refractivity contribution is 0.628. The van der Waals surface area contributed by atoms with Gasteiger partial charge >= 0.3 is 0 Å². The third kappa shape index (κ3) is 2.26. The van der Waals surface area contributed by atoms with E-state index in [1.807, 2.05) is 12.1 Å². The minimum atomic E-state index is -0.194. The normalized spacial score (nSPS) is 17.1. The van der Waals surface area contributed by atoms with Crippen molar-refractivity contribution in [2.75, 3.05) is 0 Å². The van der Waals surface area contributed by atoms with Crippen LogP contribution in [0.4, 0.5) is 4.39 Å². The second-order valence-electron chi connectivity index (χ2n) is 4.57. The molecule has 0 bridgehead atoms. The van der Waals surface area contributed by atoms with Gasteiger partial charge in [0.15, 0.2) is 0 Å². The molecule has 1 unspecified atom stereocenters. The molecule has 1 atom stereocenters. The highest BCUT2D eigenvalue weighted by Crippen LogP contribution is 2.42. The summed E-state index contributed by atoms with van der Waals surface area (Å²) in [5.74, 6) is 0.481. The Hall–Kier alpha value is -1.19. The molecule has 0 aliphatic heterocycles. The van der Waals surface area contributed by atoms with Gasteiger partial charge in [0.05, 0.1) is 0 Å². The second-order valence-corrected chi connectivity index (χ2v) is 5.69. The van der Waals surface area contributed by atoms with Crippen molar-refractivity contribution < 1.29 is 4.39 Å². The molecule has 88 valence electrons. The zero-order valence-electron chi connectivity index (χ0n) is 9.40. The second kappa shape index (κ2) is 4.24. The first-order valence-electron chi connectivity index (χ1n) is 5.85. The van der Waals surface area contributed by atoms with Crippen LogP contribution >= 0.6 is 11.3 Å². The molecule has 3 heteroatoms. The van der Waals surface area contributed by atoms with Crippen LogP contribution in [0.3, 0.4) is 0 Å². The van der Waals surface area contributed by atoms with Gasteiger partial charge in [-0.15, -0.1) is 11.3 Å². The molecule has 2 aromatic rings. The van der Waals surface area contributed by atoms with Gasteiger partial charge < -0.3 is 5.73 Å². The smallest absolute Gasteiger partial charge is 0.123 e. The van der Waals surface area contributed by atoms with Crippen LogP contribution in [0, 0.1) is 11.7 Å². The number of halogens is 1. The summed E-state index contributed by atoms with van der Waals surface area (Å²) in [6.45, 7) is 0. The summed E-state index contributed by atoms with van der Waals surface area (Å²) in [6, 6.07) is 11.0. The van der Waals surface area contributed by atoms with Crippen molar-refractivity contribution in [2.45, 2.75) is 18.9 Å². The van der Waals surface area contributed by atoms with Crippen LogP contribution in [0.1, 0.15) is 23.8 Å². The van der Waals surface area contributed by atoms with Gasteiger partial charge in [0.1, 0.15) is 5.82 Å². The van der Waals surface area contributed by atoms with Crippen molar-refractivity contribution in [1.82, 2.24) is 0 Å². The van der Waals surface area contributed by atoms with Crippen molar-refractivity contribution in [3.05, 3.63) is 47.1 Å². The average Bonchev–Trinajstić information content (AvgIpc) is 3.07. The van der Waals surface area contributed by atoms with Gasteiger partial charge in [-0.05, 0) is 48.6 Å². The molecule has 0 spiro atoms. The minimum absolute atomic E-state index is 0.189. The third-order valence-corrected chi connectivity index (χ3v) is 4.45. The molecule has 0 saturated heterocycles. The lowest BCUT2D eigenvalue weighted by Gasteiger charge is -2.06. The van der Waals surface area contributed by atoms with Crippen molar-refractivity contribution >= 4 is 11.3 Å². The maximum atomic E-state index is 12.8. The number of thiophene rings is 1. The van der Waals surface area contributed by atoms with Crippen molar-refractivity contribution in [2.24, 2.45) is 11.7 Å². The zero-order valence-corrected chi connectivity index (χ0v) is 10.2. The SMILES string of the molecule is NC(c1ccc(-c2ccc(F)cc2)s1)C1CC1. The lowest BCUT2D eigenvalue weighted by atomic mass is 10.1. The fraction of sp³-hybridized carbons (Fsp3) is 0.286. The van der Waals surface area contributed by atoms with E-state index in [1.165, 1.54) is 29.9 Å². The Morgan fingerprint density at radius 1 is 1.12 bits per heavy atom. The molecule has 0 amide bonds. The summed E-state index contributed by atoms with van der Waals surface area (Å²) < 4.78 is 12.8. The van der Waals surface area contributed by atoms with Gasteiger partial charge in [0.25, 0.3) is 0 Å². The van der Waals surface area contributed by atoms with Crippen LogP contribution in [-0.2, 0) is 0 Å². The Bertz CT molecular complexity index is 513. The standard InChI is InChI=1S/C14H14FNS/c15-11-5-3-9(4-6-11)12-7-8-13(17-12)14(16)10-1-2-10/h3-8,10,14H,1-2,16H2. The third-order valence-electron chi connectivity index (χ3n) is 3.21. The Kier molecular flexibility index (Phi) is 2.73. The lowest BCUT2D eigenvalue weighted by Crippen LogP contribution is -2.10. The molecule has 1 heterocycles. The van der Waals surface area contributed by atoms with Gasteiger partial charge in [-0.25, -0.2) is 4.39 Å². The molecule has 1 aromatic heterocycles. The first-order chi connectivity index (χ1) is 8.24. The van der Waals surface area contributed by atoms with Crippen LogP contribution in [0.25, 0.3) is 10.4 Å². The van der Waals surface area contributed by atoms with E-state index in [-0.39, 0.29) is 11.9 Å². The van der Waals surface area contributed by atoms with Gasteiger partial charge in [-0.3, -0.25) is 0 Å². The van der Waals surface area contributed by atoms with Crippen LogP contribution in [0.5, 0.6) is 0 Å². The Balaban J connectivity index is 1.86. The Labute approximate surface area is 104 Å². The summed E-state index contributed by atoms with van der Waals surface area (Å²) in [5.41, 5.74) is 7.23. The van der Waals surface area contributed by atoms with E-state index in [0.717, 1.165) is 10.4 Å². The summed E-state index contributed by atoms with van der Waals surface area (Å²) >= 11 is 1.72. The van der Waals surface area contributed by atoms with E-state index in [0.29, 0.717) is 5.92 Å². The van der Waals surface area contributed by atoms with Crippen molar-refractivity contribution in [3.63, 3.8) is 0 Å². The number of hydrogen-bond donors (Lipinski definition) is 1. The van der Waals surface area contributed by atoms with E-state index < -0.39 is 0 Å². The number of rotatable bonds is 3. The largest absolute Gasteiger partial charge is 0.323 e. The molecular weight excluding hydrogens is 233 g/mol. The van der Waals surface area contributed by atoms with Crippen LogP contribution in [-0.4, -0.2) is 0 Å². The Morgan fingerprint density at radius 3 is 2.47 bits per heavy atom. The topological polar surface area (TPSA) is 26.0 Å². The highest BCUT2D eigenvalue weighted by Gasteiger charge is 2.30. The minimum Gasteiger partial charge on any atom is -0.323 e. The zero-order chi connectivity index (χ0) is 11.8. The summed E-state index contributed by atoms with van der Waals surface area (Å²) in [6.07, 6.45) is 2.51. The molecule has 2 N–H and O–H groups in total. The highest BCUT2D eigenvalue weighted by molar-refractivity contribution is 7.15. The molecule has 1 nitrogen and oxygen atoms in total. The predicted molar refractivity (Wildman–Crippen MR) is 69.4 cm³/mol. The molecule has 1 saturated carbocycles. The van der Waals surface area contributed by atoms with Gasteiger partial charge in [-0.2, -0.15) is 0 Å². The summed E-state index contributed by atoms with van der Waals surface area (Å²) in [4.78, 5) is 2.41. The molecule has 1 fully saturated rings. The van der Waals surface area contributed by atoms with Gasteiger partial charge in [0, 0.05) is 15.8 Å². The molecule has 1 aliphatic carbocycles. The number of benzene rings is 1. The number of nitrogens with two attached hydrogens (primary N) is 1. The van der Waals surface area contributed by atoms with Crippen LogP contribution in [0.2, 0.25) is 0 Å². The fourth-order valence-corrected chi connectivity index (χ4v) is 3.10. The van der Waals surface area contributed by atoms with Gasteiger partial charge in [-0.1, -0.05) is 12.1 Å². The first kappa shape index (κ1) is 10.9. The van der Waals surface area contributed by atoms with Crippen molar-refractivity contribution in [3.8, 4) is 10.4 Å². The van der Waals surface area contributed by atoms with Crippen molar-refractivity contribution in [1.29, 1.82) is 0 Å². The van der Waals surface area contributed by atoms with Crippen LogP contribution in [0.15, 0.2) is 36.4 Å². The molecule has 3 rings (SSSR count). The summed E-state index contributed by atoms with van der Waals surface area (Å²) in [7, 11) is 0. The summed E-state index contributed by atoms with van der Waals surface area (Å²) in [5, 5.41) is 0. The quantitative estimate of drug-likeness (QED) is 0.872. The predicted octanol–water partition coefficient (Wildman–Crippen LogP) is 3.96. The molecule has 17 heavy (non-hydrogen) atoms. The van der Waals surface area contributed by atoms with E-state index in [9.17, 15) is 4.39 Å². The maximum Gasteiger partial charge on any atom is 0.123 e. The molecule has 0 radical (unpaired) electrons. The maximum absolute atomic E-state index is 12.8. The highest BCUT2D eigenvalue weighted by atomic mass is 32.1. The van der Waals surface area contributed by atoms with E-state index in [4.69, 9.17) is 5.73 Å². The average molecular weight is 247 g/mol. The van der Waals surface area contributed by atoms with Crippen LogP contribution < -0.4 is 5.73 Å². The Morgan fingerprint density at radius 2 is 1.82 bits per heavy atom. The van der Waals surface area contributed by atoms with E-state index >= 15 is 0 Å². The van der Waals surface area contributed by atoms with Gasteiger partial charge in [0.2, 0.25) is 0 Å². The number of hydrogen-bond acceptors (Lipinski definition) is 2. The first-order valence-corrected chi connectivity index (χ1v) is 6.67. The van der Waals surface area contributed by atoms with E-state index in [1.54, 1.807) is 11.3 Å². The molecule has 1 aromatic carbocycles. The van der Waals surface area contributed by atoms with E-state index in [2.05, 4.69) is 12.1 Å². The monoisotopic (exact) mass is 247 g/mol. The molecular formula is C14H14FNS.